The van der Waals surface area contributed by atoms with E-state index >= 15 is 0 Å². The first-order chi connectivity index (χ1) is 9.20. The molecule has 3 N–H and O–H groups in total. The van der Waals surface area contributed by atoms with Crippen LogP contribution < -0.4 is 11.1 Å². The topological polar surface area (TPSA) is 71.2 Å². The molecule has 1 atom stereocenters. The Labute approximate surface area is 117 Å². The van der Waals surface area contributed by atoms with Gasteiger partial charge >= 0.3 is 0 Å². The second-order valence-corrected chi connectivity index (χ2v) is 6.43. The molecule has 1 aliphatic heterocycles. The number of aromatic nitrogens is 1. The Morgan fingerprint density at radius 3 is 3.05 bits per heavy atom. The normalized spacial score (nSPS) is 23.7. The van der Waals surface area contributed by atoms with E-state index in [1.165, 1.54) is 37.1 Å². The molecule has 6 heteroatoms. The molecule has 1 aliphatic carbocycles. The maximum absolute atomic E-state index is 11.8. The van der Waals surface area contributed by atoms with Crippen LogP contribution in [0.2, 0.25) is 0 Å². The summed E-state index contributed by atoms with van der Waals surface area (Å²) in [5, 5.41) is 5.39. The Balaban J connectivity index is 1.38. The van der Waals surface area contributed by atoms with Gasteiger partial charge in [0.1, 0.15) is 0 Å². The number of nitrogens with zero attached hydrogens (tertiary/aromatic N) is 2. The molecule has 5 nitrogen and oxygen atoms in total. The van der Waals surface area contributed by atoms with Gasteiger partial charge in [0, 0.05) is 24.5 Å². The zero-order valence-corrected chi connectivity index (χ0v) is 11.8. The number of thiazole rings is 1. The second-order valence-electron chi connectivity index (χ2n) is 5.54. The molecule has 19 heavy (non-hydrogen) atoms. The van der Waals surface area contributed by atoms with Crippen molar-refractivity contribution < 1.29 is 4.79 Å². The van der Waals surface area contributed by atoms with Gasteiger partial charge in [0.15, 0.2) is 5.13 Å². The first-order valence-corrected chi connectivity index (χ1v) is 7.79. The zero-order valence-electron chi connectivity index (χ0n) is 11.0. The molecule has 0 bridgehead atoms. The number of hydrogen-bond acceptors (Lipinski definition) is 5. The number of nitrogens with one attached hydrogen (secondary N) is 1. The van der Waals surface area contributed by atoms with E-state index in [0.717, 1.165) is 24.8 Å². The SMILES string of the molecule is Nc1nc(CC(=O)NCC2CCN(C3CC3)C2)cs1. The van der Waals surface area contributed by atoms with Crippen molar-refractivity contribution in [3.05, 3.63) is 11.1 Å². The number of anilines is 1. The number of nitrogen functional groups attached to an aromatic ring is 1. The molecule has 1 unspecified atom stereocenters. The number of carbonyl (C=O) groups is 1. The van der Waals surface area contributed by atoms with E-state index < -0.39 is 0 Å². The van der Waals surface area contributed by atoms with E-state index in [-0.39, 0.29) is 5.91 Å². The van der Waals surface area contributed by atoms with Gasteiger partial charge in [-0.2, -0.15) is 0 Å². The number of rotatable bonds is 5. The first kappa shape index (κ1) is 12.9. The number of carbonyl (C=O) groups excluding carboxylic acids is 1. The van der Waals surface area contributed by atoms with E-state index in [4.69, 9.17) is 5.73 Å². The molecular weight excluding hydrogens is 260 g/mol. The van der Waals surface area contributed by atoms with Crippen LogP contribution in [0.25, 0.3) is 0 Å². The van der Waals surface area contributed by atoms with Crippen molar-refractivity contribution in [2.24, 2.45) is 5.92 Å². The Kier molecular flexibility index (Phi) is 3.70. The molecule has 0 radical (unpaired) electrons. The first-order valence-electron chi connectivity index (χ1n) is 6.91. The van der Waals surface area contributed by atoms with Gasteiger partial charge in [0.05, 0.1) is 12.1 Å². The summed E-state index contributed by atoms with van der Waals surface area (Å²) >= 11 is 1.38. The summed E-state index contributed by atoms with van der Waals surface area (Å²) in [5.41, 5.74) is 6.32. The predicted octanol–water partition coefficient (Wildman–Crippen LogP) is 0.868. The summed E-state index contributed by atoms with van der Waals surface area (Å²) in [6.07, 6.45) is 4.28. The van der Waals surface area contributed by atoms with Gasteiger partial charge in [-0.15, -0.1) is 11.3 Å². The second kappa shape index (κ2) is 5.46. The molecule has 3 rings (SSSR count). The molecule has 1 aromatic rings. The Morgan fingerprint density at radius 1 is 1.53 bits per heavy atom. The Bertz CT molecular complexity index is 457. The fraction of sp³-hybridized carbons (Fsp3) is 0.692. The largest absolute Gasteiger partial charge is 0.375 e. The summed E-state index contributed by atoms with van der Waals surface area (Å²) in [6, 6.07) is 0.846. The van der Waals surface area contributed by atoms with Gasteiger partial charge in [-0.3, -0.25) is 4.79 Å². The van der Waals surface area contributed by atoms with E-state index in [1.54, 1.807) is 0 Å². The highest BCUT2D eigenvalue weighted by Gasteiger charge is 2.34. The zero-order chi connectivity index (χ0) is 13.2. The maximum atomic E-state index is 11.8. The van der Waals surface area contributed by atoms with Crippen molar-refractivity contribution >= 4 is 22.4 Å². The van der Waals surface area contributed by atoms with E-state index in [2.05, 4.69) is 15.2 Å². The molecule has 0 aromatic carbocycles. The van der Waals surface area contributed by atoms with Crippen molar-refractivity contribution in [2.75, 3.05) is 25.4 Å². The maximum Gasteiger partial charge on any atom is 0.226 e. The molecular formula is C13H20N4OS. The van der Waals surface area contributed by atoms with Crippen molar-refractivity contribution in [3.8, 4) is 0 Å². The smallest absolute Gasteiger partial charge is 0.226 e. The molecule has 1 aromatic heterocycles. The molecule has 2 aliphatic rings. The third kappa shape index (κ3) is 3.45. The minimum absolute atomic E-state index is 0.0511. The number of amides is 1. The third-order valence-electron chi connectivity index (χ3n) is 3.88. The molecule has 104 valence electrons. The highest BCUT2D eigenvalue weighted by atomic mass is 32.1. The molecule has 2 fully saturated rings. The van der Waals surface area contributed by atoms with E-state index in [0.29, 0.717) is 17.5 Å². The minimum Gasteiger partial charge on any atom is -0.375 e. The lowest BCUT2D eigenvalue weighted by molar-refractivity contribution is -0.120. The van der Waals surface area contributed by atoms with Gasteiger partial charge in [-0.25, -0.2) is 4.98 Å². The quantitative estimate of drug-likeness (QED) is 0.839. The third-order valence-corrected chi connectivity index (χ3v) is 4.60. The summed E-state index contributed by atoms with van der Waals surface area (Å²) in [4.78, 5) is 18.5. The van der Waals surface area contributed by atoms with Gasteiger partial charge in [-0.1, -0.05) is 0 Å². The molecule has 2 heterocycles. The number of nitrogens with two attached hydrogens (primary N) is 1. The fourth-order valence-electron chi connectivity index (χ4n) is 2.69. The average molecular weight is 280 g/mol. The fourth-order valence-corrected chi connectivity index (χ4v) is 3.25. The number of hydrogen-bond donors (Lipinski definition) is 2. The molecule has 1 amide bonds. The number of likely N-dealkylation sites (tertiary alicyclic amines) is 1. The van der Waals surface area contributed by atoms with Crippen LogP contribution in [0.15, 0.2) is 5.38 Å². The van der Waals surface area contributed by atoms with Crippen LogP contribution in [0, 0.1) is 5.92 Å². The minimum atomic E-state index is 0.0511. The molecule has 0 spiro atoms. The van der Waals surface area contributed by atoms with Crippen LogP contribution in [-0.4, -0.2) is 41.5 Å². The van der Waals surface area contributed by atoms with Gasteiger partial charge in [0.25, 0.3) is 0 Å². The summed E-state index contributed by atoms with van der Waals surface area (Å²) < 4.78 is 0. The highest BCUT2D eigenvalue weighted by Crippen LogP contribution is 2.31. The predicted molar refractivity (Wildman–Crippen MR) is 75.9 cm³/mol. The van der Waals surface area contributed by atoms with E-state index in [1.807, 2.05) is 5.38 Å². The lowest BCUT2D eigenvalue weighted by Crippen LogP contribution is -2.32. The average Bonchev–Trinajstić information content (AvgIpc) is 2.99. The van der Waals surface area contributed by atoms with Crippen LogP contribution in [0.1, 0.15) is 25.0 Å². The van der Waals surface area contributed by atoms with Crippen LogP contribution in [-0.2, 0) is 11.2 Å². The summed E-state index contributed by atoms with van der Waals surface area (Å²) in [6.45, 7) is 3.14. The monoisotopic (exact) mass is 280 g/mol. The van der Waals surface area contributed by atoms with Gasteiger partial charge in [-0.05, 0) is 31.7 Å². The lowest BCUT2D eigenvalue weighted by Gasteiger charge is -2.15. The lowest BCUT2D eigenvalue weighted by atomic mass is 10.1. The summed E-state index contributed by atoms with van der Waals surface area (Å²) in [5.74, 6) is 0.667. The van der Waals surface area contributed by atoms with Crippen LogP contribution in [0.5, 0.6) is 0 Å². The van der Waals surface area contributed by atoms with Gasteiger partial charge < -0.3 is 16.0 Å². The van der Waals surface area contributed by atoms with E-state index in [9.17, 15) is 4.79 Å². The molecule has 1 saturated heterocycles. The Hall–Kier alpha value is -1.14. The van der Waals surface area contributed by atoms with Crippen LogP contribution in [0.3, 0.4) is 0 Å². The van der Waals surface area contributed by atoms with Crippen LogP contribution >= 0.6 is 11.3 Å². The van der Waals surface area contributed by atoms with Crippen LogP contribution in [0.4, 0.5) is 5.13 Å². The van der Waals surface area contributed by atoms with Gasteiger partial charge in [0.2, 0.25) is 5.91 Å². The Morgan fingerprint density at radius 2 is 2.37 bits per heavy atom. The van der Waals surface area contributed by atoms with Crippen molar-refractivity contribution in [1.29, 1.82) is 0 Å². The molecule has 1 saturated carbocycles. The van der Waals surface area contributed by atoms with Crippen molar-refractivity contribution in [3.63, 3.8) is 0 Å². The summed E-state index contributed by atoms with van der Waals surface area (Å²) in [7, 11) is 0. The van der Waals surface area contributed by atoms with Crippen molar-refractivity contribution in [1.82, 2.24) is 15.2 Å². The highest BCUT2D eigenvalue weighted by molar-refractivity contribution is 7.13. The van der Waals surface area contributed by atoms with Crippen molar-refractivity contribution in [2.45, 2.75) is 31.7 Å². The standard InChI is InChI=1S/C13H20N4OS/c14-13-16-10(8-19-13)5-12(18)15-6-9-3-4-17(7-9)11-1-2-11/h8-9,11H,1-7H2,(H2,14,16)(H,15,18).